The van der Waals surface area contributed by atoms with E-state index in [0.717, 1.165) is 18.4 Å². The Bertz CT molecular complexity index is 853. The molecule has 0 bridgehead atoms. The van der Waals surface area contributed by atoms with Crippen molar-refractivity contribution >= 4 is 15.7 Å². The molecule has 0 saturated heterocycles. The Morgan fingerprint density at radius 3 is 2.33 bits per heavy atom. The van der Waals surface area contributed by atoms with E-state index in [1.807, 2.05) is 37.3 Å². The molecule has 0 aromatic heterocycles. The Labute approximate surface area is 161 Å². The summed E-state index contributed by atoms with van der Waals surface area (Å²) in [4.78, 5) is 10.5. The van der Waals surface area contributed by atoms with Crippen molar-refractivity contribution in [2.75, 3.05) is 6.54 Å². The number of nitro groups is 1. The second-order valence-electron chi connectivity index (χ2n) is 6.57. The number of sulfonamides is 1. The van der Waals surface area contributed by atoms with E-state index in [9.17, 15) is 18.5 Å². The Morgan fingerprint density at radius 1 is 1.07 bits per heavy atom. The molecular formula is C20H26N2O4S. The molecule has 0 spiro atoms. The van der Waals surface area contributed by atoms with E-state index in [-0.39, 0.29) is 23.2 Å². The van der Waals surface area contributed by atoms with Gasteiger partial charge in [0.2, 0.25) is 10.0 Å². The molecule has 0 fully saturated rings. The highest BCUT2D eigenvalue weighted by atomic mass is 32.2. The van der Waals surface area contributed by atoms with Crippen molar-refractivity contribution in [1.82, 2.24) is 4.31 Å². The lowest BCUT2D eigenvalue weighted by Crippen LogP contribution is -2.40. The summed E-state index contributed by atoms with van der Waals surface area (Å²) < 4.78 is 28.0. The molecule has 27 heavy (non-hydrogen) atoms. The first kappa shape index (κ1) is 21.1. The number of para-hydroxylation sites is 1. The smallest absolute Gasteiger partial charge is 0.258 e. The maximum atomic E-state index is 13.3. The van der Waals surface area contributed by atoms with Crippen LogP contribution >= 0.6 is 0 Å². The van der Waals surface area contributed by atoms with Crippen LogP contribution in [0.4, 0.5) is 5.69 Å². The van der Waals surface area contributed by atoms with Gasteiger partial charge in [-0.25, -0.2) is 8.42 Å². The molecule has 6 nitrogen and oxygen atoms in total. The zero-order chi connectivity index (χ0) is 19.9. The minimum atomic E-state index is -3.98. The topological polar surface area (TPSA) is 80.5 Å². The number of rotatable bonds is 10. The van der Waals surface area contributed by atoms with E-state index < -0.39 is 14.9 Å². The van der Waals surface area contributed by atoms with Crippen molar-refractivity contribution in [2.24, 2.45) is 0 Å². The van der Waals surface area contributed by atoms with Crippen molar-refractivity contribution in [3.8, 4) is 0 Å². The van der Waals surface area contributed by atoms with Gasteiger partial charge in [-0.15, -0.1) is 0 Å². The summed E-state index contributed by atoms with van der Waals surface area (Å²) in [5.74, 6) is 0. The number of benzene rings is 2. The molecule has 1 atom stereocenters. The van der Waals surface area contributed by atoms with Crippen molar-refractivity contribution in [1.29, 1.82) is 0 Å². The highest BCUT2D eigenvalue weighted by molar-refractivity contribution is 7.89. The van der Waals surface area contributed by atoms with Crippen molar-refractivity contribution in [3.63, 3.8) is 0 Å². The number of hydrogen-bond donors (Lipinski definition) is 0. The van der Waals surface area contributed by atoms with Crippen LogP contribution in [0.1, 0.15) is 38.7 Å². The Balaban J connectivity index is 2.37. The molecule has 0 aliphatic rings. The zero-order valence-electron chi connectivity index (χ0n) is 15.7. The van der Waals surface area contributed by atoms with Gasteiger partial charge in [-0.1, -0.05) is 62.2 Å². The summed E-state index contributed by atoms with van der Waals surface area (Å²) in [6, 6.07) is 15.0. The number of hydrogen-bond acceptors (Lipinski definition) is 4. The standard InChI is InChI=1S/C20H26N2O4S/c1-3-4-10-17(2)21(16-15-18-11-6-5-7-12-18)27(25,26)20-14-9-8-13-19(20)22(23)24/h5-9,11-14,17H,3-4,10,15-16H2,1-2H3. The number of nitrogens with zero attached hydrogens (tertiary/aromatic N) is 2. The van der Waals surface area contributed by atoms with E-state index in [4.69, 9.17) is 0 Å². The minimum absolute atomic E-state index is 0.238. The second-order valence-corrected chi connectivity index (χ2v) is 8.43. The third-order valence-corrected chi connectivity index (χ3v) is 6.64. The van der Waals surface area contributed by atoms with Crippen LogP contribution in [0.25, 0.3) is 0 Å². The molecule has 146 valence electrons. The van der Waals surface area contributed by atoms with Crippen molar-refractivity contribution in [2.45, 2.75) is 50.5 Å². The lowest BCUT2D eigenvalue weighted by molar-refractivity contribution is -0.387. The SMILES string of the molecule is CCCCC(C)N(CCc1ccccc1)S(=O)(=O)c1ccccc1[N+](=O)[O-]. The van der Waals surface area contributed by atoms with Gasteiger partial charge in [0, 0.05) is 18.7 Å². The molecule has 0 saturated carbocycles. The lowest BCUT2D eigenvalue weighted by Gasteiger charge is -2.28. The Morgan fingerprint density at radius 2 is 1.70 bits per heavy atom. The summed E-state index contributed by atoms with van der Waals surface area (Å²) in [6.45, 7) is 4.20. The summed E-state index contributed by atoms with van der Waals surface area (Å²) in [6.07, 6.45) is 3.13. The van der Waals surface area contributed by atoms with Gasteiger partial charge >= 0.3 is 0 Å². The predicted molar refractivity (Wildman–Crippen MR) is 106 cm³/mol. The summed E-state index contributed by atoms with van der Waals surface area (Å²) in [5, 5.41) is 11.3. The first-order chi connectivity index (χ1) is 12.9. The van der Waals surface area contributed by atoms with Crippen molar-refractivity contribution in [3.05, 3.63) is 70.3 Å². The third-order valence-electron chi connectivity index (χ3n) is 4.58. The van der Waals surface area contributed by atoms with Crippen LogP contribution in [-0.4, -0.2) is 30.2 Å². The highest BCUT2D eigenvalue weighted by Gasteiger charge is 2.33. The average Bonchev–Trinajstić information content (AvgIpc) is 2.67. The highest BCUT2D eigenvalue weighted by Crippen LogP contribution is 2.28. The summed E-state index contributed by atoms with van der Waals surface area (Å²) in [5.41, 5.74) is 0.646. The van der Waals surface area contributed by atoms with Crippen LogP contribution in [0, 0.1) is 10.1 Å². The van der Waals surface area contributed by atoms with Crippen molar-refractivity contribution < 1.29 is 13.3 Å². The molecule has 1 unspecified atom stereocenters. The molecule has 0 heterocycles. The number of unbranched alkanes of at least 4 members (excludes halogenated alkanes) is 1. The first-order valence-electron chi connectivity index (χ1n) is 9.17. The van der Waals surface area contributed by atoms with Gasteiger partial charge in [-0.3, -0.25) is 10.1 Å². The fourth-order valence-electron chi connectivity index (χ4n) is 3.06. The summed E-state index contributed by atoms with van der Waals surface area (Å²) in [7, 11) is -3.98. The van der Waals surface area contributed by atoms with Gasteiger partial charge in [0.25, 0.3) is 5.69 Å². The molecule has 2 aromatic carbocycles. The lowest BCUT2D eigenvalue weighted by atomic mass is 10.1. The van der Waals surface area contributed by atoms with Gasteiger partial charge in [-0.2, -0.15) is 4.31 Å². The number of nitro benzene ring substituents is 1. The molecule has 2 rings (SSSR count). The zero-order valence-corrected chi connectivity index (χ0v) is 16.6. The largest absolute Gasteiger partial charge is 0.289 e. The molecule has 0 aliphatic heterocycles. The van der Waals surface area contributed by atoms with Crippen LogP contribution in [0.5, 0.6) is 0 Å². The third kappa shape index (κ3) is 5.37. The van der Waals surface area contributed by atoms with Gasteiger partial charge < -0.3 is 0 Å². The van der Waals surface area contributed by atoms with E-state index in [2.05, 4.69) is 6.92 Å². The molecule has 7 heteroatoms. The van der Waals surface area contributed by atoms with Crippen LogP contribution in [0.15, 0.2) is 59.5 Å². The van der Waals surface area contributed by atoms with Gasteiger partial charge in [0.15, 0.2) is 4.90 Å². The van der Waals surface area contributed by atoms with E-state index in [1.54, 1.807) is 0 Å². The van der Waals surface area contributed by atoms with E-state index in [0.29, 0.717) is 12.8 Å². The fourth-order valence-corrected chi connectivity index (χ4v) is 4.88. The average molecular weight is 391 g/mol. The van der Waals surface area contributed by atoms with Gasteiger partial charge in [0.05, 0.1) is 4.92 Å². The molecule has 0 aliphatic carbocycles. The predicted octanol–water partition coefficient (Wildman–Crippen LogP) is 4.41. The van der Waals surface area contributed by atoms with Gasteiger partial charge in [-0.05, 0) is 31.4 Å². The van der Waals surface area contributed by atoms with E-state index in [1.165, 1.54) is 28.6 Å². The fraction of sp³-hybridized carbons (Fsp3) is 0.400. The molecule has 0 radical (unpaired) electrons. The monoisotopic (exact) mass is 390 g/mol. The maximum absolute atomic E-state index is 13.3. The minimum Gasteiger partial charge on any atom is -0.258 e. The summed E-state index contributed by atoms with van der Waals surface area (Å²) >= 11 is 0. The Hall–Kier alpha value is -2.25. The van der Waals surface area contributed by atoms with Crippen LogP contribution in [0.3, 0.4) is 0 Å². The normalized spacial score (nSPS) is 12.9. The maximum Gasteiger partial charge on any atom is 0.289 e. The van der Waals surface area contributed by atoms with Crippen LogP contribution < -0.4 is 0 Å². The molecule has 0 N–H and O–H groups in total. The molecular weight excluding hydrogens is 364 g/mol. The van der Waals surface area contributed by atoms with Gasteiger partial charge in [0.1, 0.15) is 0 Å². The van der Waals surface area contributed by atoms with Crippen LogP contribution in [0.2, 0.25) is 0 Å². The quantitative estimate of drug-likeness (QED) is 0.445. The van der Waals surface area contributed by atoms with Crippen LogP contribution in [-0.2, 0) is 16.4 Å². The Kier molecular flexibility index (Phi) is 7.50. The first-order valence-corrected chi connectivity index (χ1v) is 10.6. The molecule has 0 amide bonds. The van der Waals surface area contributed by atoms with E-state index >= 15 is 0 Å². The molecule has 2 aromatic rings. The second kappa shape index (κ2) is 9.62.